The zero-order chi connectivity index (χ0) is 16.9. The summed E-state index contributed by atoms with van der Waals surface area (Å²) < 4.78 is 10.6. The zero-order valence-corrected chi connectivity index (χ0v) is 14.6. The van der Waals surface area contributed by atoms with Crippen molar-refractivity contribution >= 4 is 0 Å². The summed E-state index contributed by atoms with van der Waals surface area (Å²) in [5, 5.41) is 0. The Kier molecular flexibility index (Phi) is 5.30. The minimum atomic E-state index is 0.292. The Hall–Kier alpha value is -2.14. The molecular weight excluding hydrogens is 302 g/mol. The summed E-state index contributed by atoms with van der Waals surface area (Å²) in [6, 6.07) is 10.4. The Morgan fingerprint density at radius 3 is 2.88 bits per heavy atom. The van der Waals surface area contributed by atoms with Crippen molar-refractivity contribution in [3.63, 3.8) is 0 Å². The van der Waals surface area contributed by atoms with Gasteiger partial charge < -0.3 is 9.47 Å². The van der Waals surface area contributed by atoms with E-state index >= 15 is 0 Å². The first-order chi connectivity index (χ1) is 11.7. The minimum absolute atomic E-state index is 0.292. The largest absolute Gasteiger partial charge is 0.481 e. The first-order valence-corrected chi connectivity index (χ1v) is 8.44. The molecule has 1 aliphatic heterocycles. The Morgan fingerprint density at radius 1 is 1.21 bits per heavy atom. The van der Waals surface area contributed by atoms with Gasteiger partial charge in [-0.3, -0.25) is 4.90 Å². The van der Waals surface area contributed by atoms with Crippen molar-refractivity contribution in [1.82, 2.24) is 14.9 Å². The van der Waals surface area contributed by atoms with Gasteiger partial charge in [-0.1, -0.05) is 12.1 Å². The van der Waals surface area contributed by atoms with Crippen molar-refractivity contribution in [2.24, 2.45) is 5.92 Å². The molecule has 0 radical (unpaired) electrons. The maximum atomic E-state index is 5.38. The van der Waals surface area contributed by atoms with Gasteiger partial charge in [-0.2, -0.15) is 0 Å². The topological polar surface area (TPSA) is 47.5 Å². The lowest BCUT2D eigenvalue weighted by atomic mass is 9.99. The van der Waals surface area contributed by atoms with Crippen LogP contribution in [0.3, 0.4) is 0 Å². The van der Waals surface area contributed by atoms with Gasteiger partial charge in [-0.15, -0.1) is 0 Å². The molecule has 2 atom stereocenters. The van der Waals surface area contributed by atoms with Gasteiger partial charge in [0.1, 0.15) is 0 Å². The predicted octanol–water partition coefficient (Wildman–Crippen LogP) is 3.12. The Labute approximate surface area is 143 Å². The van der Waals surface area contributed by atoms with Gasteiger partial charge in [0.2, 0.25) is 11.8 Å². The van der Waals surface area contributed by atoms with Crippen molar-refractivity contribution in [2.45, 2.75) is 25.8 Å². The first-order valence-electron chi connectivity index (χ1n) is 8.44. The fourth-order valence-electron chi connectivity index (χ4n) is 3.42. The van der Waals surface area contributed by atoms with Crippen LogP contribution >= 0.6 is 0 Å². The molecule has 1 saturated heterocycles. The molecule has 24 heavy (non-hydrogen) atoms. The van der Waals surface area contributed by atoms with E-state index in [1.165, 1.54) is 12.0 Å². The third-order valence-corrected chi connectivity index (χ3v) is 4.80. The number of hydrogen-bond acceptors (Lipinski definition) is 5. The summed E-state index contributed by atoms with van der Waals surface area (Å²) in [6.45, 7) is 4.38. The van der Waals surface area contributed by atoms with Crippen LogP contribution in [-0.4, -0.2) is 42.2 Å². The smallest absolute Gasteiger partial charge is 0.216 e. The number of nitrogens with zero attached hydrogens (tertiary/aromatic N) is 3. The molecule has 0 amide bonds. The van der Waals surface area contributed by atoms with Crippen LogP contribution in [0.5, 0.6) is 11.8 Å². The first kappa shape index (κ1) is 16.7. The molecule has 1 aliphatic rings. The number of likely N-dealkylation sites (tertiary alicyclic amines) is 1. The molecule has 0 N–H and O–H groups in total. The van der Waals surface area contributed by atoms with Crippen LogP contribution in [-0.2, 0) is 6.42 Å². The monoisotopic (exact) mass is 327 g/mol. The highest BCUT2D eigenvalue weighted by Gasteiger charge is 2.28. The van der Waals surface area contributed by atoms with Crippen LogP contribution in [0.1, 0.15) is 30.6 Å². The van der Waals surface area contributed by atoms with E-state index in [0.29, 0.717) is 17.8 Å². The molecule has 2 unspecified atom stereocenters. The second-order valence-corrected chi connectivity index (χ2v) is 6.31. The molecule has 0 saturated carbocycles. The normalized spacial score (nSPS) is 19.2. The molecule has 5 heteroatoms. The molecule has 3 heterocycles. The van der Waals surface area contributed by atoms with Gasteiger partial charge in [0.25, 0.3) is 0 Å². The van der Waals surface area contributed by atoms with Crippen molar-refractivity contribution in [1.29, 1.82) is 0 Å². The maximum Gasteiger partial charge on any atom is 0.216 e. The van der Waals surface area contributed by atoms with Crippen LogP contribution in [0.2, 0.25) is 0 Å². The molecule has 1 fully saturated rings. The SMILES string of the molecule is COc1cccc(C(C)N2CCC(Cc3cccnc3OC)C2)n1. The van der Waals surface area contributed by atoms with E-state index in [2.05, 4.69) is 33.9 Å². The fourth-order valence-corrected chi connectivity index (χ4v) is 3.42. The van der Waals surface area contributed by atoms with Crippen LogP contribution in [0, 0.1) is 5.92 Å². The highest BCUT2D eigenvalue weighted by atomic mass is 16.5. The van der Waals surface area contributed by atoms with E-state index in [1.807, 2.05) is 18.2 Å². The second kappa shape index (κ2) is 7.62. The van der Waals surface area contributed by atoms with Gasteiger partial charge in [-0.05, 0) is 44.4 Å². The van der Waals surface area contributed by atoms with Crippen LogP contribution in [0.15, 0.2) is 36.5 Å². The standard InChI is InChI=1S/C19H25N3O2/c1-14(17-7-4-8-18(21-17)23-2)22-11-9-15(13-22)12-16-6-5-10-20-19(16)24-3/h4-8,10,14-15H,9,11-13H2,1-3H3. The van der Waals surface area contributed by atoms with Gasteiger partial charge in [0.15, 0.2) is 0 Å². The quantitative estimate of drug-likeness (QED) is 0.816. The van der Waals surface area contributed by atoms with Crippen LogP contribution in [0.4, 0.5) is 0 Å². The molecule has 3 rings (SSSR count). The summed E-state index contributed by atoms with van der Waals surface area (Å²) in [5.41, 5.74) is 2.26. The van der Waals surface area contributed by atoms with Crippen LogP contribution < -0.4 is 9.47 Å². The summed E-state index contributed by atoms with van der Waals surface area (Å²) in [6.07, 6.45) is 3.97. The molecule has 0 bridgehead atoms. The van der Waals surface area contributed by atoms with Gasteiger partial charge in [-0.25, -0.2) is 9.97 Å². The number of hydrogen-bond donors (Lipinski definition) is 0. The number of rotatable bonds is 6. The zero-order valence-electron chi connectivity index (χ0n) is 14.6. The highest BCUT2D eigenvalue weighted by Crippen LogP contribution is 2.30. The number of methoxy groups -OCH3 is 2. The summed E-state index contributed by atoms with van der Waals surface area (Å²) in [4.78, 5) is 11.4. The minimum Gasteiger partial charge on any atom is -0.481 e. The molecular formula is C19H25N3O2. The average Bonchev–Trinajstić information content (AvgIpc) is 3.10. The fraction of sp³-hybridized carbons (Fsp3) is 0.474. The molecule has 0 aliphatic carbocycles. The Morgan fingerprint density at radius 2 is 2.08 bits per heavy atom. The maximum absolute atomic E-state index is 5.38. The Bertz CT molecular complexity index is 677. The highest BCUT2D eigenvalue weighted by molar-refractivity contribution is 5.26. The van der Waals surface area contributed by atoms with E-state index in [1.54, 1.807) is 20.4 Å². The number of ether oxygens (including phenoxy) is 2. The van der Waals surface area contributed by atoms with Crippen LogP contribution in [0.25, 0.3) is 0 Å². The number of aromatic nitrogens is 2. The molecule has 5 nitrogen and oxygen atoms in total. The van der Waals surface area contributed by atoms with Crippen molar-refractivity contribution < 1.29 is 9.47 Å². The summed E-state index contributed by atoms with van der Waals surface area (Å²) >= 11 is 0. The average molecular weight is 327 g/mol. The molecule has 0 aromatic carbocycles. The second-order valence-electron chi connectivity index (χ2n) is 6.31. The van der Waals surface area contributed by atoms with E-state index in [-0.39, 0.29) is 0 Å². The van der Waals surface area contributed by atoms with Gasteiger partial charge in [0, 0.05) is 30.4 Å². The van der Waals surface area contributed by atoms with Crippen molar-refractivity contribution in [2.75, 3.05) is 27.3 Å². The molecule has 0 spiro atoms. The van der Waals surface area contributed by atoms with Gasteiger partial charge >= 0.3 is 0 Å². The Balaban J connectivity index is 1.64. The third kappa shape index (κ3) is 3.67. The van der Waals surface area contributed by atoms with Gasteiger partial charge in [0.05, 0.1) is 19.9 Å². The predicted molar refractivity (Wildman–Crippen MR) is 93.4 cm³/mol. The third-order valence-electron chi connectivity index (χ3n) is 4.80. The summed E-state index contributed by atoms with van der Waals surface area (Å²) in [5.74, 6) is 2.05. The van der Waals surface area contributed by atoms with Crippen molar-refractivity contribution in [3.8, 4) is 11.8 Å². The van der Waals surface area contributed by atoms with E-state index in [0.717, 1.165) is 31.1 Å². The molecule has 2 aromatic rings. The van der Waals surface area contributed by atoms with E-state index in [9.17, 15) is 0 Å². The van der Waals surface area contributed by atoms with Crippen molar-refractivity contribution in [3.05, 3.63) is 47.8 Å². The molecule has 2 aromatic heterocycles. The van der Waals surface area contributed by atoms with E-state index < -0.39 is 0 Å². The van der Waals surface area contributed by atoms with E-state index in [4.69, 9.17) is 9.47 Å². The lowest BCUT2D eigenvalue weighted by Gasteiger charge is -2.24. The lowest BCUT2D eigenvalue weighted by Crippen LogP contribution is -2.25. The number of pyridine rings is 2. The molecule has 128 valence electrons. The lowest BCUT2D eigenvalue weighted by molar-refractivity contribution is 0.246. The summed E-state index contributed by atoms with van der Waals surface area (Å²) in [7, 11) is 3.34.